The largest absolute Gasteiger partial charge is 0.390 e. The number of aliphatic hydroxyl groups excluding tert-OH is 1. The Bertz CT molecular complexity index is 877. The number of aromatic amines is 1. The van der Waals surface area contributed by atoms with Gasteiger partial charge in [-0.25, -0.2) is 4.79 Å². The lowest BCUT2D eigenvalue weighted by atomic mass is 9.98. The van der Waals surface area contributed by atoms with Crippen LogP contribution in [0.4, 0.5) is 0 Å². The summed E-state index contributed by atoms with van der Waals surface area (Å²) in [6.07, 6.45) is 1.75. The molecule has 152 valence electrons. The molecule has 1 aromatic heterocycles. The minimum atomic E-state index is -0.659. The zero-order valence-corrected chi connectivity index (χ0v) is 16.4. The Morgan fingerprint density at radius 3 is 2.79 bits per heavy atom. The third-order valence-corrected chi connectivity index (χ3v) is 5.41. The fourth-order valence-electron chi connectivity index (χ4n) is 3.57. The number of benzene rings is 1. The van der Waals surface area contributed by atoms with Crippen LogP contribution in [0.15, 0.2) is 46.1 Å². The van der Waals surface area contributed by atoms with Crippen LogP contribution >= 0.6 is 0 Å². The Morgan fingerprint density at radius 1 is 1.32 bits per heavy atom. The SMILES string of the molecule is CCc1cn([C@H]2C[C@H](O)[C@@H](CNCCC(C)c3ccccc3)O2)c(=O)[nH]c1=O. The molecule has 0 radical (unpaired) electrons. The van der Waals surface area contributed by atoms with Gasteiger partial charge in [-0.3, -0.25) is 14.3 Å². The van der Waals surface area contributed by atoms with Gasteiger partial charge in [0.15, 0.2) is 0 Å². The average molecular weight is 387 g/mol. The van der Waals surface area contributed by atoms with Gasteiger partial charge in [0.05, 0.1) is 12.2 Å². The molecule has 2 aromatic rings. The number of rotatable bonds is 8. The minimum Gasteiger partial charge on any atom is -0.390 e. The predicted molar refractivity (Wildman–Crippen MR) is 108 cm³/mol. The number of ether oxygens (including phenoxy) is 1. The Kier molecular flexibility index (Phi) is 6.83. The molecule has 4 atom stereocenters. The number of aliphatic hydroxyl groups is 1. The monoisotopic (exact) mass is 387 g/mol. The first-order valence-corrected chi connectivity index (χ1v) is 9.93. The molecular weight excluding hydrogens is 358 g/mol. The number of aryl methyl sites for hydroxylation is 1. The van der Waals surface area contributed by atoms with Crippen molar-refractivity contribution in [3.8, 4) is 0 Å². The molecule has 3 rings (SSSR count). The first-order valence-electron chi connectivity index (χ1n) is 9.93. The maximum absolute atomic E-state index is 12.1. The van der Waals surface area contributed by atoms with Crippen molar-refractivity contribution in [3.63, 3.8) is 0 Å². The van der Waals surface area contributed by atoms with E-state index in [1.54, 1.807) is 0 Å². The molecule has 0 saturated carbocycles. The normalized spacial score (nSPS) is 23.0. The van der Waals surface area contributed by atoms with Crippen LogP contribution in [0.2, 0.25) is 0 Å². The van der Waals surface area contributed by atoms with Crippen molar-refractivity contribution in [1.29, 1.82) is 0 Å². The van der Waals surface area contributed by atoms with Gasteiger partial charge in [-0.1, -0.05) is 44.2 Å². The quantitative estimate of drug-likeness (QED) is 0.597. The summed E-state index contributed by atoms with van der Waals surface area (Å²) in [7, 11) is 0. The van der Waals surface area contributed by atoms with Gasteiger partial charge in [-0.15, -0.1) is 0 Å². The Balaban J connectivity index is 1.52. The van der Waals surface area contributed by atoms with Crippen molar-refractivity contribution in [1.82, 2.24) is 14.9 Å². The Morgan fingerprint density at radius 2 is 2.07 bits per heavy atom. The van der Waals surface area contributed by atoms with E-state index in [4.69, 9.17) is 4.74 Å². The van der Waals surface area contributed by atoms with Crippen LogP contribution in [-0.2, 0) is 11.2 Å². The van der Waals surface area contributed by atoms with E-state index >= 15 is 0 Å². The molecule has 1 fully saturated rings. The van der Waals surface area contributed by atoms with Crippen molar-refractivity contribution >= 4 is 0 Å². The van der Waals surface area contributed by atoms with Crippen LogP contribution in [-0.4, -0.2) is 40.0 Å². The molecule has 1 aliphatic rings. The molecule has 1 unspecified atom stereocenters. The van der Waals surface area contributed by atoms with E-state index in [-0.39, 0.29) is 11.7 Å². The summed E-state index contributed by atoms with van der Waals surface area (Å²) >= 11 is 0. The van der Waals surface area contributed by atoms with E-state index in [9.17, 15) is 14.7 Å². The summed E-state index contributed by atoms with van der Waals surface area (Å²) in [6.45, 7) is 5.37. The molecular formula is C21H29N3O4. The van der Waals surface area contributed by atoms with Crippen molar-refractivity contribution in [2.75, 3.05) is 13.1 Å². The second-order valence-corrected chi connectivity index (χ2v) is 7.41. The van der Waals surface area contributed by atoms with E-state index in [1.807, 2.05) is 25.1 Å². The Hall–Kier alpha value is -2.22. The van der Waals surface area contributed by atoms with Gasteiger partial charge in [-0.2, -0.15) is 0 Å². The van der Waals surface area contributed by atoms with E-state index in [0.29, 0.717) is 30.9 Å². The molecule has 0 bridgehead atoms. The highest BCUT2D eigenvalue weighted by molar-refractivity contribution is 5.18. The fourth-order valence-corrected chi connectivity index (χ4v) is 3.57. The standard InChI is InChI=1S/C21H29N3O4/c1-3-15-13-24(21(27)23-20(15)26)19-11-17(25)18(28-19)12-22-10-9-14(2)16-7-5-4-6-8-16/h4-8,13-14,17-19,22,25H,3,9-12H2,1-2H3,(H,23,26,27)/t14?,17-,18+,19+/m0/s1. The summed E-state index contributed by atoms with van der Waals surface area (Å²) < 4.78 is 7.28. The number of aromatic nitrogens is 2. The summed E-state index contributed by atoms with van der Waals surface area (Å²) in [5.74, 6) is 0.447. The van der Waals surface area contributed by atoms with E-state index in [1.165, 1.54) is 16.3 Å². The summed E-state index contributed by atoms with van der Waals surface area (Å²) in [5.41, 5.74) is 0.956. The highest BCUT2D eigenvalue weighted by atomic mass is 16.5. The molecule has 0 amide bonds. The van der Waals surface area contributed by atoms with Crippen LogP contribution in [0.5, 0.6) is 0 Å². The molecule has 28 heavy (non-hydrogen) atoms. The van der Waals surface area contributed by atoms with Gasteiger partial charge >= 0.3 is 5.69 Å². The molecule has 7 nitrogen and oxygen atoms in total. The van der Waals surface area contributed by atoms with Crippen LogP contribution in [0.25, 0.3) is 0 Å². The zero-order valence-electron chi connectivity index (χ0n) is 16.4. The van der Waals surface area contributed by atoms with E-state index < -0.39 is 18.0 Å². The average Bonchev–Trinajstić information content (AvgIpc) is 3.06. The minimum absolute atomic E-state index is 0.321. The zero-order chi connectivity index (χ0) is 20.1. The highest BCUT2D eigenvalue weighted by Gasteiger charge is 2.35. The van der Waals surface area contributed by atoms with Crippen LogP contribution in [0.1, 0.15) is 50.0 Å². The number of nitrogens with zero attached hydrogens (tertiary/aromatic N) is 1. The van der Waals surface area contributed by atoms with Gasteiger partial charge in [-0.05, 0) is 30.9 Å². The van der Waals surface area contributed by atoms with Gasteiger partial charge < -0.3 is 15.2 Å². The number of hydrogen-bond donors (Lipinski definition) is 3. The first kappa shape index (κ1) is 20.5. The van der Waals surface area contributed by atoms with Gasteiger partial charge in [0.25, 0.3) is 5.56 Å². The number of H-pyrrole nitrogens is 1. The summed E-state index contributed by atoms with van der Waals surface area (Å²) in [4.78, 5) is 26.2. The summed E-state index contributed by atoms with van der Waals surface area (Å²) in [5, 5.41) is 13.7. The smallest absolute Gasteiger partial charge is 0.330 e. The lowest BCUT2D eigenvalue weighted by Gasteiger charge is -2.18. The highest BCUT2D eigenvalue weighted by Crippen LogP contribution is 2.27. The van der Waals surface area contributed by atoms with Gasteiger partial charge in [0.1, 0.15) is 6.23 Å². The molecule has 1 aromatic carbocycles. The van der Waals surface area contributed by atoms with Crippen molar-refractivity contribution in [2.45, 2.75) is 57.5 Å². The summed E-state index contributed by atoms with van der Waals surface area (Å²) in [6, 6.07) is 10.4. The second-order valence-electron chi connectivity index (χ2n) is 7.41. The molecule has 2 heterocycles. The van der Waals surface area contributed by atoms with Crippen molar-refractivity contribution in [2.24, 2.45) is 0 Å². The third-order valence-electron chi connectivity index (χ3n) is 5.41. The molecule has 0 spiro atoms. The molecule has 1 aliphatic heterocycles. The predicted octanol–water partition coefficient (Wildman–Crippen LogP) is 1.53. The molecule has 3 N–H and O–H groups in total. The van der Waals surface area contributed by atoms with Crippen LogP contribution in [0, 0.1) is 0 Å². The molecule has 7 heteroatoms. The maximum Gasteiger partial charge on any atom is 0.330 e. The lowest BCUT2D eigenvalue weighted by Crippen LogP contribution is -2.35. The van der Waals surface area contributed by atoms with E-state index in [0.717, 1.165) is 13.0 Å². The first-order chi connectivity index (χ1) is 13.5. The maximum atomic E-state index is 12.1. The number of nitrogens with one attached hydrogen (secondary N) is 2. The van der Waals surface area contributed by atoms with Gasteiger partial charge in [0, 0.05) is 24.7 Å². The third kappa shape index (κ3) is 4.79. The van der Waals surface area contributed by atoms with Crippen molar-refractivity contribution < 1.29 is 9.84 Å². The fraction of sp³-hybridized carbons (Fsp3) is 0.524. The lowest BCUT2D eigenvalue weighted by molar-refractivity contribution is -0.0192. The molecule has 0 aliphatic carbocycles. The number of hydrogen-bond acceptors (Lipinski definition) is 5. The van der Waals surface area contributed by atoms with Crippen LogP contribution in [0.3, 0.4) is 0 Å². The Labute approximate surface area is 164 Å². The van der Waals surface area contributed by atoms with Crippen molar-refractivity contribution in [3.05, 3.63) is 68.5 Å². The molecule has 1 saturated heterocycles. The van der Waals surface area contributed by atoms with Gasteiger partial charge in [0.2, 0.25) is 0 Å². The second kappa shape index (κ2) is 9.32. The van der Waals surface area contributed by atoms with E-state index in [2.05, 4.69) is 29.4 Å². The topological polar surface area (TPSA) is 96.3 Å². The van der Waals surface area contributed by atoms with Crippen LogP contribution < -0.4 is 16.6 Å².